The molecule has 2 saturated carbocycles. The van der Waals surface area contributed by atoms with E-state index in [1.54, 1.807) is 11.8 Å². The van der Waals surface area contributed by atoms with Crippen molar-refractivity contribution in [3.63, 3.8) is 0 Å². The monoisotopic (exact) mass is 215 g/mol. The zero-order valence-corrected chi connectivity index (χ0v) is 9.39. The highest BCUT2D eigenvalue weighted by Crippen LogP contribution is 2.69. The summed E-state index contributed by atoms with van der Waals surface area (Å²) < 4.78 is -0.113. The Bertz CT molecular complexity index is 406. The summed E-state index contributed by atoms with van der Waals surface area (Å²) in [4.78, 5) is 1.23. The maximum atomic E-state index is 9.29. The van der Waals surface area contributed by atoms with Gasteiger partial charge in [0.15, 0.2) is 0 Å². The molecule has 76 valence electrons. The fourth-order valence-corrected chi connectivity index (χ4v) is 4.13. The van der Waals surface area contributed by atoms with Gasteiger partial charge in [0.05, 0.1) is 6.07 Å². The van der Waals surface area contributed by atoms with Crippen LogP contribution in [-0.2, 0) is 0 Å². The normalized spacial score (nSPS) is 24.2. The molecule has 1 aromatic rings. The van der Waals surface area contributed by atoms with Crippen LogP contribution >= 0.6 is 11.8 Å². The quantitative estimate of drug-likeness (QED) is 0.752. The Kier molecular flexibility index (Phi) is 1.87. The maximum absolute atomic E-state index is 9.29. The van der Waals surface area contributed by atoms with Crippen molar-refractivity contribution >= 4 is 11.8 Å². The smallest absolute Gasteiger partial charge is 0.108 e. The number of benzene rings is 1. The topological polar surface area (TPSA) is 23.8 Å². The average Bonchev–Trinajstić information content (AvgIpc) is 2.98. The first-order valence-corrected chi connectivity index (χ1v) is 6.23. The van der Waals surface area contributed by atoms with Crippen LogP contribution in [0.5, 0.6) is 0 Å². The SMILES string of the molecule is N#CC1(Sc2ccccc2)CC2(CC2)C1. The number of nitriles is 1. The number of hydrogen-bond donors (Lipinski definition) is 0. The van der Waals surface area contributed by atoms with Gasteiger partial charge < -0.3 is 0 Å². The third-order valence-corrected chi connectivity index (χ3v) is 4.82. The maximum Gasteiger partial charge on any atom is 0.108 e. The molecule has 2 aliphatic rings. The number of rotatable bonds is 2. The minimum atomic E-state index is -0.113. The van der Waals surface area contributed by atoms with Gasteiger partial charge in [0, 0.05) is 4.90 Å². The number of hydrogen-bond acceptors (Lipinski definition) is 2. The summed E-state index contributed by atoms with van der Waals surface area (Å²) in [5, 5.41) is 9.29. The third-order valence-electron chi connectivity index (χ3n) is 3.54. The van der Waals surface area contributed by atoms with Gasteiger partial charge in [-0.25, -0.2) is 0 Å². The van der Waals surface area contributed by atoms with Crippen LogP contribution in [0, 0.1) is 16.7 Å². The van der Waals surface area contributed by atoms with Gasteiger partial charge >= 0.3 is 0 Å². The standard InChI is InChI=1S/C13H13NS/c14-10-13(8-12(9-13)6-7-12)15-11-4-2-1-3-5-11/h1-5H,6-9H2. The number of nitrogens with zero attached hydrogens (tertiary/aromatic N) is 1. The summed E-state index contributed by atoms with van der Waals surface area (Å²) in [6.07, 6.45) is 4.92. The molecule has 0 N–H and O–H groups in total. The van der Waals surface area contributed by atoms with E-state index in [2.05, 4.69) is 18.2 Å². The van der Waals surface area contributed by atoms with Gasteiger partial charge in [-0.05, 0) is 43.2 Å². The van der Waals surface area contributed by atoms with Crippen LogP contribution in [0.15, 0.2) is 35.2 Å². The van der Waals surface area contributed by atoms with Crippen molar-refractivity contribution in [1.82, 2.24) is 0 Å². The van der Waals surface area contributed by atoms with Gasteiger partial charge in [0.1, 0.15) is 4.75 Å². The fourth-order valence-electron chi connectivity index (χ4n) is 2.58. The minimum Gasteiger partial charge on any atom is -0.197 e. The van der Waals surface area contributed by atoms with Crippen molar-refractivity contribution in [3.8, 4) is 6.07 Å². The Hall–Kier alpha value is -0.940. The molecule has 0 unspecified atom stereocenters. The van der Waals surface area contributed by atoms with E-state index in [9.17, 15) is 5.26 Å². The summed E-state index contributed by atoms with van der Waals surface area (Å²) in [5.41, 5.74) is 0.595. The van der Waals surface area contributed by atoms with Crippen molar-refractivity contribution in [3.05, 3.63) is 30.3 Å². The number of thioether (sulfide) groups is 1. The van der Waals surface area contributed by atoms with E-state index in [1.807, 2.05) is 18.2 Å². The van der Waals surface area contributed by atoms with Gasteiger partial charge in [-0.15, -0.1) is 11.8 Å². The Morgan fingerprint density at radius 3 is 2.33 bits per heavy atom. The van der Waals surface area contributed by atoms with Crippen molar-refractivity contribution in [1.29, 1.82) is 5.26 Å². The molecule has 0 saturated heterocycles. The first-order valence-electron chi connectivity index (χ1n) is 5.41. The molecule has 0 aliphatic heterocycles. The molecule has 1 aromatic carbocycles. The molecule has 3 rings (SSSR count). The molecule has 2 fully saturated rings. The first-order chi connectivity index (χ1) is 7.26. The lowest BCUT2D eigenvalue weighted by atomic mass is 9.72. The van der Waals surface area contributed by atoms with Gasteiger partial charge in [0.2, 0.25) is 0 Å². The average molecular weight is 215 g/mol. The Morgan fingerprint density at radius 2 is 1.80 bits per heavy atom. The van der Waals surface area contributed by atoms with Gasteiger partial charge in [-0.2, -0.15) is 5.26 Å². The molecule has 0 radical (unpaired) electrons. The van der Waals surface area contributed by atoms with Crippen molar-refractivity contribution in [2.75, 3.05) is 0 Å². The van der Waals surface area contributed by atoms with Gasteiger partial charge in [-0.1, -0.05) is 18.2 Å². The summed E-state index contributed by atoms with van der Waals surface area (Å²) >= 11 is 1.76. The molecule has 0 aromatic heterocycles. The van der Waals surface area contributed by atoms with Crippen LogP contribution in [0.3, 0.4) is 0 Å². The van der Waals surface area contributed by atoms with Gasteiger partial charge in [0.25, 0.3) is 0 Å². The first kappa shape index (κ1) is 9.30. The lowest BCUT2D eigenvalue weighted by molar-refractivity contribution is 0.251. The van der Waals surface area contributed by atoms with E-state index in [0.717, 1.165) is 12.8 Å². The molecule has 1 spiro atoms. The third kappa shape index (κ3) is 1.55. The predicted molar refractivity (Wildman–Crippen MR) is 61.5 cm³/mol. The van der Waals surface area contributed by atoms with E-state index >= 15 is 0 Å². The molecule has 0 heterocycles. The van der Waals surface area contributed by atoms with E-state index in [0.29, 0.717) is 5.41 Å². The summed E-state index contributed by atoms with van der Waals surface area (Å²) in [5.74, 6) is 0. The second-order valence-corrected chi connectivity index (χ2v) is 6.33. The fraction of sp³-hybridized carbons (Fsp3) is 0.462. The Balaban J connectivity index is 1.75. The van der Waals surface area contributed by atoms with Crippen LogP contribution in [0.25, 0.3) is 0 Å². The van der Waals surface area contributed by atoms with E-state index in [1.165, 1.54) is 17.7 Å². The Morgan fingerprint density at radius 1 is 1.13 bits per heavy atom. The van der Waals surface area contributed by atoms with Crippen molar-refractivity contribution in [2.24, 2.45) is 5.41 Å². The van der Waals surface area contributed by atoms with Crippen LogP contribution < -0.4 is 0 Å². The molecule has 2 aliphatic carbocycles. The molecular formula is C13H13NS. The second-order valence-electron chi connectivity index (χ2n) is 4.87. The largest absolute Gasteiger partial charge is 0.197 e. The zero-order valence-electron chi connectivity index (χ0n) is 8.57. The van der Waals surface area contributed by atoms with E-state index in [-0.39, 0.29) is 4.75 Å². The molecule has 1 nitrogen and oxygen atoms in total. The molecule has 0 amide bonds. The molecule has 2 heteroatoms. The molecule has 15 heavy (non-hydrogen) atoms. The lowest BCUT2D eigenvalue weighted by Gasteiger charge is -2.42. The zero-order chi connectivity index (χ0) is 10.4. The molecule has 0 bridgehead atoms. The van der Waals surface area contributed by atoms with Crippen LogP contribution in [0.2, 0.25) is 0 Å². The lowest BCUT2D eigenvalue weighted by Crippen LogP contribution is -2.40. The van der Waals surface area contributed by atoms with Crippen LogP contribution in [0.4, 0.5) is 0 Å². The summed E-state index contributed by atoms with van der Waals surface area (Å²) in [6.45, 7) is 0. The van der Waals surface area contributed by atoms with Gasteiger partial charge in [-0.3, -0.25) is 0 Å². The second kappa shape index (κ2) is 3.02. The van der Waals surface area contributed by atoms with Crippen LogP contribution in [-0.4, -0.2) is 4.75 Å². The van der Waals surface area contributed by atoms with E-state index < -0.39 is 0 Å². The molecule has 0 atom stereocenters. The molecular weight excluding hydrogens is 202 g/mol. The van der Waals surface area contributed by atoms with E-state index in [4.69, 9.17) is 0 Å². The predicted octanol–water partition coefficient (Wildman–Crippen LogP) is 3.62. The summed E-state index contributed by atoms with van der Waals surface area (Å²) in [6, 6.07) is 12.8. The highest BCUT2D eigenvalue weighted by atomic mass is 32.2. The van der Waals surface area contributed by atoms with Crippen LogP contribution in [0.1, 0.15) is 25.7 Å². The highest BCUT2D eigenvalue weighted by molar-refractivity contribution is 8.01. The van der Waals surface area contributed by atoms with Crippen molar-refractivity contribution < 1.29 is 0 Å². The Labute approximate surface area is 94.5 Å². The summed E-state index contributed by atoms with van der Waals surface area (Å²) in [7, 11) is 0. The highest BCUT2D eigenvalue weighted by Gasteiger charge is 2.61. The van der Waals surface area contributed by atoms with Crippen molar-refractivity contribution in [2.45, 2.75) is 35.3 Å². The minimum absolute atomic E-state index is 0.113.